The van der Waals surface area contributed by atoms with Crippen molar-refractivity contribution in [1.29, 1.82) is 0 Å². The maximum absolute atomic E-state index is 12.1. The maximum atomic E-state index is 12.1. The first-order chi connectivity index (χ1) is 4.96. The van der Waals surface area contributed by atoms with E-state index in [1.807, 2.05) is 0 Å². The van der Waals surface area contributed by atoms with Gasteiger partial charge in [0.2, 0.25) is 0 Å². The van der Waals surface area contributed by atoms with Gasteiger partial charge in [-0.2, -0.15) is 0 Å². The van der Waals surface area contributed by atoms with Gasteiger partial charge in [0.05, 0.1) is 0 Å². The van der Waals surface area contributed by atoms with Crippen LogP contribution in [0.15, 0.2) is 0 Å². The van der Waals surface area contributed by atoms with Crippen LogP contribution in [0.25, 0.3) is 0 Å². The molecule has 1 rings (SSSR count). The first-order valence-corrected chi connectivity index (χ1v) is 4.66. The molecule has 0 saturated heterocycles. The molecule has 0 aromatic carbocycles. The molecule has 0 atom stereocenters. The normalized spacial score (nSPS) is 21.2. The van der Waals surface area contributed by atoms with E-state index < -0.39 is 5.60 Å². The van der Waals surface area contributed by atoms with Crippen LogP contribution in [-0.2, 0) is 0 Å². The van der Waals surface area contributed by atoms with Crippen LogP contribution in [0.4, 0.5) is 0 Å². The van der Waals surface area contributed by atoms with Gasteiger partial charge in [-0.05, 0) is 5.41 Å². The van der Waals surface area contributed by atoms with Crippen LogP contribution >= 0.6 is 0 Å². The van der Waals surface area contributed by atoms with Gasteiger partial charge in [-0.15, -0.1) is 5.60 Å². The van der Waals surface area contributed by atoms with Crippen molar-refractivity contribution in [1.82, 2.24) is 0 Å². The van der Waals surface area contributed by atoms with Gasteiger partial charge in [0.15, 0.2) is 0 Å². The van der Waals surface area contributed by atoms with E-state index in [0.717, 1.165) is 25.7 Å². The Kier molecular flexibility index (Phi) is 7.33. The number of rotatable bonds is 0. The molecule has 0 aromatic heterocycles. The second-order valence-electron chi connectivity index (χ2n) is 4.80. The van der Waals surface area contributed by atoms with Gasteiger partial charge in [0.1, 0.15) is 0 Å². The van der Waals surface area contributed by atoms with Crippen molar-refractivity contribution in [3.8, 4) is 0 Å². The second kappa shape index (κ2) is 5.79. The molecular formula is C10H19ClMgO. The molecule has 0 N–H and O–H groups in total. The zero-order valence-electron chi connectivity index (χ0n) is 9.03. The Hall–Kier alpha value is 1.02. The molecule has 0 radical (unpaired) electrons. The predicted molar refractivity (Wildman–Crippen MR) is 51.0 cm³/mol. The van der Waals surface area contributed by atoms with E-state index in [4.69, 9.17) is 0 Å². The minimum atomic E-state index is -0.634. The van der Waals surface area contributed by atoms with Crippen molar-refractivity contribution in [2.45, 2.75) is 58.5 Å². The molecule has 0 aromatic rings. The summed E-state index contributed by atoms with van der Waals surface area (Å²) in [6.45, 7) is 6.22. The molecule has 1 aliphatic carbocycles. The molecule has 13 heavy (non-hydrogen) atoms. The Morgan fingerprint density at radius 1 is 1.00 bits per heavy atom. The fourth-order valence-electron chi connectivity index (χ4n) is 1.87. The number of hydrogen-bond donors (Lipinski definition) is 0. The summed E-state index contributed by atoms with van der Waals surface area (Å²) in [7, 11) is 0. The smallest absolute Gasteiger partial charge is 1.00 e. The van der Waals surface area contributed by atoms with Crippen LogP contribution < -0.4 is 17.5 Å². The van der Waals surface area contributed by atoms with Gasteiger partial charge in [0.25, 0.3) is 0 Å². The van der Waals surface area contributed by atoms with Gasteiger partial charge >= 0.3 is 23.1 Å². The van der Waals surface area contributed by atoms with Gasteiger partial charge in [-0.1, -0.05) is 52.9 Å². The molecule has 1 aliphatic rings. The van der Waals surface area contributed by atoms with Crippen LogP contribution in [0.3, 0.4) is 0 Å². The predicted octanol–water partition coefficient (Wildman–Crippen LogP) is -1.28. The Labute approximate surface area is 104 Å². The quantitative estimate of drug-likeness (QED) is 0.461. The van der Waals surface area contributed by atoms with E-state index in [-0.39, 0.29) is 40.9 Å². The van der Waals surface area contributed by atoms with Crippen LogP contribution in [-0.4, -0.2) is 28.7 Å². The van der Waals surface area contributed by atoms with Gasteiger partial charge in [-0.25, -0.2) is 0 Å². The molecule has 0 unspecified atom stereocenters. The summed E-state index contributed by atoms with van der Waals surface area (Å²) in [5, 5.41) is 12.1. The van der Waals surface area contributed by atoms with E-state index in [1.165, 1.54) is 6.42 Å². The summed E-state index contributed by atoms with van der Waals surface area (Å²) >= 11 is 0. The first-order valence-electron chi connectivity index (χ1n) is 4.66. The fraction of sp³-hybridized carbons (Fsp3) is 1.00. The van der Waals surface area contributed by atoms with Crippen molar-refractivity contribution in [2.24, 2.45) is 5.41 Å². The third kappa shape index (κ3) is 3.94. The summed E-state index contributed by atoms with van der Waals surface area (Å²) in [6.07, 6.45) is 5.31. The summed E-state index contributed by atoms with van der Waals surface area (Å²) in [5.74, 6) is 0. The van der Waals surface area contributed by atoms with Crippen molar-refractivity contribution in [2.75, 3.05) is 0 Å². The van der Waals surface area contributed by atoms with E-state index >= 15 is 0 Å². The molecule has 3 heteroatoms. The Balaban J connectivity index is 0. The molecule has 1 saturated carbocycles. The van der Waals surface area contributed by atoms with Crippen molar-refractivity contribution < 1.29 is 17.5 Å². The second-order valence-corrected chi connectivity index (χ2v) is 4.80. The van der Waals surface area contributed by atoms with E-state index in [0.29, 0.717) is 0 Å². The molecule has 0 aliphatic heterocycles. The average molecular weight is 215 g/mol. The maximum Gasteiger partial charge on any atom is 2.00 e. The molecule has 1 fully saturated rings. The van der Waals surface area contributed by atoms with Crippen molar-refractivity contribution in [3.63, 3.8) is 0 Å². The largest absolute Gasteiger partial charge is 2.00 e. The minimum absolute atomic E-state index is 0. The van der Waals surface area contributed by atoms with Crippen molar-refractivity contribution >= 4 is 23.1 Å². The third-order valence-electron chi connectivity index (χ3n) is 3.03. The summed E-state index contributed by atoms with van der Waals surface area (Å²) in [4.78, 5) is 0. The molecule has 0 spiro atoms. The molecule has 1 nitrogen and oxygen atoms in total. The molecule has 0 bridgehead atoms. The molecule has 74 valence electrons. The Morgan fingerprint density at radius 3 is 1.62 bits per heavy atom. The van der Waals surface area contributed by atoms with Gasteiger partial charge in [-0.3, -0.25) is 0 Å². The standard InChI is InChI=1S/C10H19O.ClH.Mg/c1-9(2,3)10(11)7-5-4-6-8-10;;/h4-8H2,1-3H3;1H;/q-1;;+2/p-1. The summed E-state index contributed by atoms with van der Waals surface area (Å²) in [6, 6.07) is 0. The zero-order valence-corrected chi connectivity index (χ0v) is 11.2. The number of hydrogen-bond acceptors (Lipinski definition) is 1. The summed E-state index contributed by atoms with van der Waals surface area (Å²) in [5.41, 5.74) is -0.682. The molecule has 0 heterocycles. The number of halogens is 1. The monoisotopic (exact) mass is 214 g/mol. The SMILES string of the molecule is CC(C)(C)C1([O-])CCCCC1.[Cl-].[Mg+2]. The van der Waals surface area contributed by atoms with Gasteiger partial charge in [0, 0.05) is 0 Å². The Morgan fingerprint density at radius 2 is 1.38 bits per heavy atom. The van der Waals surface area contributed by atoms with Gasteiger partial charge < -0.3 is 17.5 Å². The van der Waals surface area contributed by atoms with Crippen LogP contribution in [0.5, 0.6) is 0 Å². The molecular weight excluding hydrogens is 196 g/mol. The first kappa shape index (κ1) is 16.4. The third-order valence-corrected chi connectivity index (χ3v) is 3.03. The average Bonchev–Trinajstić information content (AvgIpc) is 1.87. The molecule has 0 amide bonds. The van der Waals surface area contributed by atoms with Crippen LogP contribution in [0.1, 0.15) is 52.9 Å². The Bertz CT molecular complexity index is 136. The topological polar surface area (TPSA) is 23.1 Å². The summed E-state index contributed by atoms with van der Waals surface area (Å²) < 4.78 is 0. The van der Waals surface area contributed by atoms with Crippen LogP contribution in [0, 0.1) is 5.41 Å². The van der Waals surface area contributed by atoms with Crippen LogP contribution in [0.2, 0.25) is 0 Å². The van der Waals surface area contributed by atoms with E-state index in [2.05, 4.69) is 20.8 Å². The fourth-order valence-corrected chi connectivity index (χ4v) is 1.87. The van der Waals surface area contributed by atoms with E-state index in [1.54, 1.807) is 0 Å². The van der Waals surface area contributed by atoms with Crippen molar-refractivity contribution in [3.05, 3.63) is 0 Å². The zero-order chi connectivity index (χ0) is 8.54. The minimum Gasteiger partial charge on any atom is -1.00 e. The van der Waals surface area contributed by atoms with E-state index in [9.17, 15) is 5.11 Å².